The van der Waals surface area contributed by atoms with Gasteiger partial charge in [0.05, 0.1) is 23.4 Å². The van der Waals surface area contributed by atoms with Crippen LogP contribution in [0, 0.1) is 0 Å². The van der Waals surface area contributed by atoms with Gasteiger partial charge in [-0.05, 0) is 36.8 Å². The lowest BCUT2D eigenvalue weighted by Crippen LogP contribution is -2.18. The van der Waals surface area contributed by atoms with E-state index in [1.165, 1.54) is 6.07 Å². The molecule has 0 aliphatic rings. The van der Waals surface area contributed by atoms with Gasteiger partial charge in [-0.25, -0.2) is 5.43 Å². The van der Waals surface area contributed by atoms with Crippen molar-refractivity contribution in [1.29, 1.82) is 0 Å². The third-order valence-electron chi connectivity index (χ3n) is 3.22. The molecule has 126 valence electrons. The van der Waals surface area contributed by atoms with Gasteiger partial charge in [0.1, 0.15) is 5.75 Å². The topological polar surface area (TPSA) is 50.7 Å². The first-order valence-corrected chi connectivity index (χ1v) is 8.37. The molecule has 2 aromatic carbocycles. The number of amides is 1. The lowest BCUT2D eigenvalue weighted by molar-refractivity contribution is 0.0955. The maximum absolute atomic E-state index is 12.1. The number of hydrogen-bond donors (Lipinski definition) is 1. The van der Waals surface area contributed by atoms with Crippen LogP contribution in [0.25, 0.3) is 0 Å². The summed E-state index contributed by atoms with van der Waals surface area (Å²) >= 11 is 11.8. The highest BCUT2D eigenvalue weighted by Crippen LogP contribution is 2.21. The fraction of sp³-hybridized carbons (Fsp3) is 0.222. The molecule has 2 rings (SSSR count). The van der Waals surface area contributed by atoms with Crippen molar-refractivity contribution in [3.8, 4) is 5.75 Å². The molecule has 0 aromatic heterocycles. The van der Waals surface area contributed by atoms with Crippen LogP contribution in [0.1, 0.15) is 35.7 Å². The summed E-state index contributed by atoms with van der Waals surface area (Å²) in [5.74, 6) is 0.325. The number of rotatable bonds is 7. The number of halogens is 2. The first kappa shape index (κ1) is 18.3. The molecule has 0 unspecified atom stereocenters. The Balaban J connectivity index is 2.02. The SMILES string of the molecule is CCCCOc1ccccc1/C=N\NC(=O)c1ccc(Cl)cc1Cl. The van der Waals surface area contributed by atoms with Crippen LogP contribution in [-0.2, 0) is 0 Å². The molecule has 1 N–H and O–H groups in total. The van der Waals surface area contributed by atoms with Gasteiger partial charge in [0.2, 0.25) is 0 Å². The van der Waals surface area contributed by atoms with Crippen LogP contribution in [0.5, 0.6) is 5.75 Å². The summed E-state index contributed by atoms with van der Waals surface area (Å²) in [6, 6.07) is 12.2. The minimum atomic E-state index is -0.405. The molecule has 24 heavy (non-hydrogen) atoms. The zero-order valence-electron chi connectivity index (χ0n) is 13.3. The monoisotopic (exact) mass is 364 g/mol. The second-order valence-electron chi connectivity index (χ2n) is 5.06. The molecule has 0 spiro atoms. The summed E-state index contributed by atoms with van der Waals surface area (Å²) in [6.45, 7) is 2.75. The van der Waals surface area contributed by atoms with E-state index in [4.69, 9.17) is 27.9 Å². The van der Waals surface area contributed by atoms with E-state index in [0.29, 0.717) is 17.2 Å². The van der Waals surface area contributed by atoms with Gasteiger partial charge in [-0.1, -0.05) is 48.7 Å². The highest BCUT2D eigenvalue weighted by molar-refractivity contribution is 6.36. The number of ether oxygens (including phenoxy) is 1. The highest BCUT2D eigenvalue weighted by Gasteiger charge is 2.09. The Bertz CT molecular complexity index is 733. The average Bonchev–Trinajstić information content (AvgIpc) is 2.56. The van der Waals surface area contributed by atoms with Gasteiger partial charge in [0, 0.05) is 10.6 Å². The fourth-order valence-electron chi connectivity index (χ4n) is 1.94. The molecule has 0 heterocycles. The van der Waals surface area contributed by atoms with Crippen molar-refractivity contribution in [3.63, 3.8) is 0 Å². The number of hydrogen-bond acceptors (Lipinski definition) is 3. The van der Waals surface area contributed by atoms with Crippen molar-refractivity contribution in [1.82, 2.24) is 5.43 Å². The van der Waals surface area contributed by atoms with E-state index in [-0.39, 0.29) is 5.02 Å². The number of carbonyl (C=O) groups is 1. The summed E-state index contributed by atoms with van der Waals surface area (Å²) in [7, 11) is 0. The summed E-state index contributed by atoms with van der Waals surface area (Å²) in [5, 5.41) is 4.72. The van der Waals surface area contributed by atoms with Crippen molar-refractivity contribution in [3.05, 3.63) is 63.6 Å². The third kappa shape index (κ3) is 5.25. The summed E-state index contributed by atoms with van der Waals surface area (Å²) < 4.78 is 5.71. The van der Waals surface area contributed by atoms with Crippen LogP contribution in [-0.4, -0.2) is 18.7 Å². The van der Waals surface area contributed by atoms with Crippen molar-refractivity contribution in [2.75, 3.05) is 6.61 Å². The third-order valence-corrected chi connectivity index (χ3v) is 3.77. The molecule has 0 atom stereocenters. The van der Waals surface area contributed by atoms with E-state index in [9.17, 15) is 4.79 Å². The number of hydrazone groups is 1. The molecule has 0 saturated carbocycles. The van der Waals surface area contributed by atoms with Gasteiger partial charge in [-0.3, -0.25) is 4.79 Å². The molecule has 0 bridgehead atoms. The lowest BCUT2D eigenvalue weighted by Gasteiger charge is -2.08. The average molecular weight is 365 g/mol. The van der Waals surface area contributed by atoms with Gasteiger partial charge in [-0.2, -0.15) is 5.10 Å². The van der Waals surface area contributed by atoms with Crippen molar-refractivity contribution in [2.24, 2.45) is 5.10 Å². The van der Waals surface area contributed by atoms with Gasteiger partial charge >= 0.3 is 0 Å². The number of para-hydroxylation sites is 1. The molecule has 0 fully saturated rings. The van der Waals surface area contributed by atoms with E-state index in [2.05, 4.69) is 17.5 Å². The maximum atomic E-state index is 12.1. The van der Waals surface area contributed by atoms with Crippen LogP contribution in [0.3, 0.4) is 0 Å². The van der Waals surface area contributed by atoms with Gasteiger partial charge < -0.3 is 4.74 Å². The Morgan fingerprint density at radius 2 is 2.04 bits per heavy atom. The van der Waals surface area contributed by atoms with Crippen LogP contribution in [0.15, 0.2) is 47.6 Å². The van der Waals surface area contributed by atoms with Crippen LogP contribution >= 0.6 is 23.2 Å². The van der Waals surface area contributed by atoms with E-state index in [0.717, 1.165) is 24.2 Å². The highest BCUT2D eigenvalue weighted by atomic mass is 35.5. The number of nitrogens with zero attached hydrogens (tertiary/aromatic N) is 1. The second kappa shape index (κ2) is 9.30. The molecule has 1 amide bonds. The molecule has 0 aliphatic heterocycles. The summed E-state index contributed by atoms with van der Waals surface area (Å²) in [4.78, 5) is 12.1. The van der Waals surface area contributed by atoms with Gasteiger partial charge in [0.15, 0.2) is 0 Å². The second-order valence-corrected chi connectivity index (χ2v) is 5.91. The minimum absolute atomic E-state index is 0.276. The number of unbranched alkanes of at least 4 members (excludes halogenated alkanes) is 1. The Hall–Kier alpha value is -2.04. The molecule has 0 saturated heterocycles. The normalized spacial score (nSPS) is 10.8. The zero-order valence-corrected chi connectivity index (χ0v) is 14.8. The van der Waals surface area contributed by atoms with Crippen LogP contribution < -0.4 is 10.2 Å². The fourth-order valence-corrected chi connectivity index (χ4v) is 2.43. The standard InChI is InChI=1S/C18H18Cl2N2O2/c1-2-3-10-24-17-7-5-4-6-13(17)12-21-22-18(23)15-9-8-14(19)11-16(15)20/h4-9,11-12H,2-3,10H2,1H3,(H,22,23)/b21-12-. The van der Waals surface area contributed by atoms with E-state index in [1.54, 1.807) is 18.3 Å². The Kier molecular flexibility index (Phi) is 7.09. The largest absolute Gasteiger partial charge is 0.493 e. The molecule has 4 nitrogen and oxygen atoms in total. The van der Waals surface area contributed by atoms with Crippen molar-refractivity contribution < 1.29 is 9.53 Å². The molecule has 2 aromatic rings. The Labute approximate surface area is 151 Å². The van der Waals surface area contributed by atoms with E-state index in [1.807, 2.05) is 24.3 Å². The molecule has 0 radical (unpaired) electrons. The number of carbonyl (C=O) groups excluding carboxylic acids is 1. The molecule has 0 aliphatic carbocycles. The molecular weight excluding hydrogens is 347 g/mol. The predicted molar refractivity (Wildman–Crippen MR) is 98.4 cm³/mol. The van der Waals surface area contributed by atoms with Gasteiger partial charge in [-0.15, -0.1) is 0 Å². The zero-order chi connectivity index (χ0) is 17.4. The quantitative estimate of drug-likeness (QED) is 0.429. The minimum Gasteiger partial charge on any atom is -0.493 e. The lowest BCUT2D eigenvalue weighted by atomic mass is 10.2. The van der Waals surface area contributed by atoms with Crippen LogP contribution in [0.4, 0.5) is 0 Å². The van der Waals surface area contributed by atoms with Gasteiger partial charge in [0.25, 0.3) is 5.91 Å². The first-order valence-electron chi connectivity index (χ1n) is 7.62. The summed E-state index contributed by atoms with van der Waals surface area (Å²) in [5.41, 5.74) is 3.55. The van der Waals surface area contributed by atoms with Crippen molar-refractivity contribution in [2.45, 2.75) is 19.8 Å². The van der Waals surface area contributed by atoms with E-state index < -0.39 is 5.91 Å². The van der Waals surface area contributed by atoms with E-state index >= 15 is 0 Å². The first-order chi connectivity index (χ1) is 11.6. The Morgan fingerprint density at radius 1 is 1.25 bits per heavy atom. The predicted octanol–water partition coefficient (Wildman–Crippen LogP) is 4.94. The molecular formula is C18H18Cl2N2O2. The number of benzene rings is 2. The van der Waals surface area contributed by atoms with Crippen LogP contribution in [0.2, 0.25) is 10.0 Å². The van der Waals surface area contributed by atoms with Crippen molar-refractivity contribution >= 4 is 35.3 Å². The number of nitrogens with one attached hydrogen (secondary N) is 1. The summed E-state index contributed by atoms with van der Waals surface area (Å²) in [6.07, 6.45) is 3.59. The maximum Gasteiger partial charge on any atom is 0.272 e. The smallest absolute Gasteiger partial charge is 0.272 e. The Morgan fingerprint density at radius 3 is 2.79 bits per heavy atom. The molecule has 6 heteroatoms.